The number of aromatic nitrogens is 4. The van der Waals surface area contributed by atoms with Gasteiger partial charge in [-0.2, -0.15) is 4.98 Å². The first kappa shape index (κ1) is 15.2. The molecule has 0 aliphatic carbocycles. The molecule has 9 nitrogen and oxygen atoms in total. The van der Waals surface area contributed by atoms with Gasteiger partial charge in [-0.3, -0.25) is 4.57 Å². The highest BCUT2D eigenvalue weighted by Gasteiger charge is 2.41. The van der Waals surface area contributed by atoms with Crippen molar-refractivity contribution in [2.45, 2.75) is 25.1 Å². The van der Waals surface area contributed by atoms with E-state index in [9.17, 15) is 0 Å². The Bertz CT molecular complexity index is 1060. The van der Waals surface area contributed by atoms with Crippen LogP contribution in [-0.2, 0) is 4.74 Å². The average Bonchev–Trinajstić information content (AvgIpc) is 3.46. The lowest BCUT2D eigenvalue weighted by atomic mass is 10.1. The number of anilines is 2. The molecule has 0 amide bonds. The number of ether oxygens (including phenoxy) is 1. The second-order valence-electron chi connectivity index (χ2n) is 6.54. The first-order valence-electron chi connectivity index (χ1n) is 8.71. The van der Waals surface area contributed by atoms with Crippen molar-refractivity contribution in [3.8, 4) is 5.69 Å². The normalized spacial score (nSPS) is 22.9. The van der Waals surface area contributed by atoms with E-state index >= 15 is 0 Å². The van der Waals surface area contributed by atoms with Gasteiger partial charge < -0.3 is 9.26 Å². The summed E-state index contributed by atoms with van der Waals surface area (Å²) < 4.78 is 13.0. The fourth-order valence-corrected chi connectivity index (χ4v) is 4.02. The maximum Gasteiger partial charge on any atom is 0.290 e. The molecule has 0 saturated carbocycles. The number of hydrazine groups is 1. The molecule has 0 bridgehead atoms. The van der Waals surface area contributed by atoms with Gasteiger partial charge in [0.15, 0.2) is 12.0 Å². The van der Waals surface area contributed by atoms with Crippen LogP contribution in [-0.4, -0.2) is 32.6 Å². The van der Waals surface area contributed by atoms with E-state index in [1.54, 1.807) is 17.5 Å². The zero-order valence-corrected chi connectivity index (χ0v) is 14.8. The summed E-state index contributed by atoms with van der Waals surface area (Å²) in [6.07, 6.45) is 4.92. The molecule has 3 aliphatic heterocycles. The Morgan fingerprint density at radius 2 is 2.15 bits per heavy atom. The van der Waals surface area contributed by atoms with Crippen molar-refractivity contribution in [1.82, 2.24) is 19.7 Å². The minimum atomic E-state index is -0.244. The van der Waals surface area contributed by atoms with Gasteiger partial charge >= 0.3 is 0 Å². The number of hydrogen-bond acceptors (Lipinski definition) is 8. The maximum absolute atomic E-state index is 6.36. The molecule has 27 heavy (non-hydrogen) atoms. The van der Waals surface area contributed by atoms with E-state index in [-0.39, 0.29) is 12.3 Å². The van der Waals surface area contributed by atoms with Crippen molar-refractivity contribution in [3.63, 3.8) is 0 Å². The lowest BCUT2D eigenvalue weighted by molar-refractivity contribution is 0.0835. The third kappa shape index (κ3) is 2.09. The van der Waals surface area contributed by atoms with E-state index in [1.165, 1.54) is 0 Å². The molecule has 2 aromatic heterocycles. The molecular weight excluding hydrogens is 370 g/mol. The first-order valence-corrected chi connectivity index (χ1v) is 9.08. The van der Waals surface area contributed by atoms with Crippen LogP contribution in [0.5, 0.6) is 0 Å². The number of hydrogen-bond donors (Lipinski definition) is 0. The van der Waals surface area contributed by atoms with Gasteiger partial charge in [-0.05, 0) is 35.7 Å². The van der Waals surface area contributed by atoms with Crippen LogP contribution < -0.4 is 10.0 Å². The van der Waals surface area contributed by atoms with Crippen LogP contribution in [0, 0.1) is 0 Å². The van der Waals surface area contributed by atoms with Crippen molar-refractivity contribution >= 4 is 29.7 Å². The van der Waals surface area contributed by atoms with Gasteiger partial charge in [0.1, 0.15) is 12.4 Å². The molecule has 3 aliphatic rings. The maximum atomic E-state index is 6.36. The van der Waals surface area contributed by atoms with Crippen molar-refractivity contribution in [2.24, 2.45) is 4.99 Å². The zero-order chi connectivity index (χ0) is 18.0. The van der Waals surface area contributed by atoms with E-state index in [1.807, 2.05) is 33.8 Å². The third-order valence-corrected chi connectivity index (χ3v) is 5.28. The van der Waals surface area contributed by atoms with Gasteiger partial charge in [-0.15, -0.1) is 0 Å². The Labute approximate surface area is 158 Å². The number of nitrogens with zero attached hydrogens (tertiary/aromatic N) is 7. The summed E-state index contributed by atoms with van der Waals surface area (Å²) in [6.45, 7) is 0.718. The van der Waals surface area contributed by atoms with Crippen LogP contribution in [0.4, 0.5) is 11.8 Å². The fourth-order valence-electron chi connectivity index (χ4n) is 3.80. The molecule has 10 heteroatoms. The van der Waals surface area contributed by atoms with Gasteiger partial charge in [0, 0.05) is 12.2 Å². The Balaban J connectivity index is 1.44. The molecule has 1 fully saturated rings. The summed E-state index contributed by atoms with van der Waals surface area (Å²) in [7, 11) is 0. The standard InChI is InChI=1S/C17H14ClN7O2/c18-16-19-8-13-24(16)11-5-2-1-4-10(11)14-20-9-23(25(13)14)17-21-15(27-22-17)12-6-3-7-26-12/h1-2,4-5,8-9,12,14H,3,6-7H2. The van der Waals surface area contributed by atoms with Gasteiger partial charge in [0.2, 0.25) is 5.28 Å². The second kappa shape index (κ2) is 5.54. The summed E-state index contributed by atoms with van der Waals surface area (Å²) in [5, 5.41) is 8.22. The summed E-state index contributed by atoms with van der Waals surface area (Å²) in [6, 6.07) is 7.99. The predicted octanol–water partition coefficient (Wildman–Crippen LogP) is 3.04. The van der Waals surface area contributed by atoms with Crippen LogP contribution in [0.25, 0.3) is 5.69 Å². The highest BCUT2D eigenvalue weighted by Crippen LogP contribution is 2.44. The molecule has 1 aromatic carbocycles. The summed E-state index contributed by atoms with van der Waals surface area (Å²) >= 11 is 6.36. The molecule has 5 heterocycles. The first-order chi connectivity index (χ1) is 13.3. The molecule has 2 atom stereocenters. The highest BCUT2D eigenvalue weighted by molar-refractivity contribution is 6.29. The minimum Gasteiger partial charge on any atom is -0.368 e. The van der Waals surface area contributed by atoms with Crippen molar-refractivity contribution < 1.29 is 9.26 Å². The van der Waals surface area contributed by atoms with Gasteiger partial charge in [-0.25, -0.2) is 20.0 Å². The molecular formula is C17H14ClN7O2. The smallest absolute Gasteiger partial charge is 0.290 e. The second-order valence-corrected chi connectivity index (χ2v) is 6.88. The number of benzene rings is 1. The summed E-state index contributed by atoms with van der Waals surface area (Å²) in [5.74, 6) is 1.67. The topological polar surface area (TPSA) is 84.8 Å². The summed E-state index contributed by atoms with van der Waals surface area (Å²) in [4.78, 5) is 13.5. The van der Waals surface area contributed by atoms with E-state index < -0.39 is 0 Å². The largest absolute Gasteiger partial charge is 0.368 e. The monoisotopic (exact) mass is 383 g/mol. The quantitative estimate of drug-likeness (QED) is 0.672. The van der Waals surface area contributed by atoms with E-state index in [0.717, 1.165) is 36.5 Å². The van der Waals surface area contributed by atoms with Crippen molar-refractivity contribution in [3.05, 3.63) is 47.2 Å². The Morgan fingerprint density at radius 1 is 1.22 bits per heavy atom. The number of halogens is 1. The number of imidazole rings is 1. The van der Waals surface area contributed by atoms with Gasteiger partial charge in [0.25, 0.3) is 11.8 Å². The van der Waals surface area contributed by atoms with Crippen LogP contribution >= 0.6 is 11.6 Å². The van der Waals surface area contributed by atoms with Crippen molar-refractivity contribution in [1.29, 1.82) is 0 Å². The number of aliphatic imine (C=N–C) groups is 1. The van der Waals surface area contributed by atoms with E-state index in [0.29, 0.717) is 17.1 Å². The minimum absolute atomic E-state index is 0.136. The molecule has 0 radical (unpaired) electrons. The molecule has 0 N–H and O–H groups in total. The van der Waals surface area contributed by atoms with Crippen LogP contribution in [0.1, 0.15) is 36.6 Å². The lowest BCUT2D eigenvalue weighted by Crippen LogP contribution is -2.43. The molecule has 1 saturated heterocycles. The Morgan fingerprint density at radius 3 is 3.04 bits per heavy atom. The molecule has 136 valence electrons. The lowest BCUT2D eigenvalue weighted by Gasteiger charge is -2.36. The molecule has 6 rings (SSSR count). The van der Waals surface area contributed by atoms with E-state index in [4.69, 9.17) is 20.9 Å². The van der Waals surface area contributed by atoms with Crippen LogP contribution in [0.3, 0.4) is 0 Å². The Hall–Kier alpha value is -2.91. The fraction of sp³-hybridized carbons (Fsp3) is 0.294. The van der Waals surface area contributed by atoms with Gasteiger partial charge in [0.05, 0.1) is 11.9 Å². The van der Waals surface area contributed by atoms with Crippen LogP contribution in [0.2, 0.25) is 5.28 Å². The van der Waals surface area contributed by atoms with Crippen molar-refractivity contribution in [2.75, 3.05) is 16.6 Å². The highest BCUT2D eigenvalue weighted by atomic mass is 35.5. The number of fused-ring (bicyclic) bond motifs is 6. The predicted molar refractivity (Wildman–Crippen MR) is 97.0 cm³/mol. The Kier molecular flexibility index (Phi) is 3.12. The van der Waals surface area contributed by atoms with Gasteiger partial charge in [-0.1, -0.05) is 18.2 Å². The van der Waals surface area contributed by atoms with E-state index in [2.05, 4.69) is 20.1 Å². The molecule has 3 aromatic rings. The number of rotatable bonds is 2. The molecule has 2 unspecified atom stereocenters. The summed E-state index contributed by atoms with van der Waals surface area (Å²) in [5.41, 5.74) is 1.98. The number of para-hydroxylation sites is 1. The average molecular weight is 384 g/mol. The van der Waals surface area contributed by atoms with Crippen LogP contribution in [0.15, 0.2) is 40.0 Å². The SMILES string of the molecule is Clc1ncc2n1-c1ccccc1C1N=CN(c3noc(C4CCCO4)n3)N21. The third-order valence-electron chi connectivity index (χ3n) is 5.01. The zero-order valence-electron chi connectivity index (χ0n) is 14.1. The molecule has 0 spiro atoms.